The Labute approximate surface area is 183 Å². The summed E-state index contributed by atoms with van der Waals surface area (Å²) >= 11 is 0. The lowest BCUT2D eigenvalue weighted by molar-refractivity contribution is -0.162. The van der Waals surface area contributed by atoms with E-state index in [2.05, 4.69) is 62.3 Å². The number of carboxylic acids is 1. The molecule has 0 spiro atoms. The van der Waals surface area contributed by atoms with E-state index >= 15 is 0 Å². The third-order valence-corrected chi connectivity index (χ3v) is 8.40. The highest BCUT2D eigenvalue weighted by Crippen LogP contribution is 2.57. The molecular weight excluding hydrogens is 356 g/mol. The van der Waals surface area contributed by atoms with Crippen molar-refractivity contribution in [1.82, 2.24) is 0 Å². The molecule has 174 valence electrons. The fourth-order valence-corrected chi connectivity index (χ4v) is 6.91. The van der Waals surface area contributed by atoms with Crippen LogP contribution in [0.5, 0.6) is 0 Å². The first kappa shape index (κ1) is 28.5. The number of unbranched alkanes of at least 4 members (excludes halogenated alkanes) is 1. The van der Waals surface area contributed by atoms with Gasteiger partial charge in [0, 0.05) is 0 Å². The van der Waals surface area contributed by atoms with Gasteiger partial charge in [0.1, 0.15) is 0 Å². The summed E-state index contributed by atoms with van der Waals surface area (Å²) in [7, 11) is 0. The highest BCUT2D eigenvalue weighted by molar-refractivity contribution is 5.72. The van der Waals surface area contributed by atoms with Gasteiger partial charge in [-0.1, -0.05) is 107 Å². The number of carbonyl (C=O) groups is 1. The van der Waals surface area contributed by atoms with Crippen LogP contribution in [-0.2, 0) is 4.79 Å². The smallest absolute Gasteiger partial charge is 0.307 e. The number of rotatable bonds is 17. The first-order valence-electron chi connectivity index (χ1n) is 12.9. The Morgan fingerprint density at radius 2 is 1.38 bits per heavy atom. The minimum atomic E-state index is -0.531. The maximum absolute atomic E-state index is 13.1. The summed E-state index contributed by atoms with van der Waals surface area (Å²) in [5, 5.41) is 10.8. The predicted molar refractivity (Wildman–Crippen MR) is 128 cm³/mol. The van der Waals surface area contributed by atoms with Crippen LogP contribution in [0.15, 0.2) is 0 Å². The van der Waals surface area contributed by atoms with Crippen LogP contribution in [0.1, 0.15) is 133 Å². The Bertz CT molecular complexity index is 442. The van der Waals surface area contributed by atoms with E-state index in [0.717, 1.165) is 57.8 Å². The van der Waals surface area contributed by atoms with Gasteiger partial charge in [-0.05, 0) is 54.3 Å². The highest BCUT2D eigenvalue weighted by atomic mass is 16.4. The van der Waals surface area contributed by atoms with Crippen LogP contribution in [0.25, 0.3) is 0 Å². The number of carboxylic acid groups (broad SMARTS) is 1. The standard InChI is InChI=1S/C27H54O2/c1-10-17-20-26(9,18-11-2)23(21(8)13-4)24(25(28)29)27(16-7,19-12-3)22(14-5)15-6/h21-24H,10-20H2,1-9H3,(H,28,29). The van der Waals surface area contributed by atoms with Crippen molar-refractivity contribution in [1.29, 1.82) is 0 Å². The molecule has 0 amide bonds. The zero-order valence-corrected chi connectivity index (χ0v) is 21.4. The van der Waals surface area contributed by atoms with Crippen LogP contribution in [0, 0.1) is 34.5 Å². The van der Waals surface area contributed by atoms with Gasteiger partial charge in [-0.15, -0.1) is 0 Å². The van der Waals surface area contributed by atoms with Crippen molar-refractivity contribution < 1.29 is 9.90 Å². The molecule has 1 N–H and O–H groups in total. The Hall–Kier alpha value is -0.530. The van der Waals surface area contributed by atoms with Gasteiger partial charge in [0.25, 0.3) is 0 Å². The largest absolute Gasteiger partial charge is 0.481 e. The summed E-state index contributed by atoms with van der Waals surface area (Å²) < 4.78 is 0. The van der Waals surface area contributed by atoms with E-state index in [9.17, 15) is 9.90 Å². The molecule has 0 aliphatic heterocycles. The molecule has 0 aliphatic carbocycles. The van der Waals surface area contributed by atoms with Gasteiger partial charge in [0.2, 0.25) is 0 Å². The normalized spacial score (nSPS) is 19.4. The van der Waals surface area contributed by atoms with Gasteiger partial charge in [0.15, 0.2) is 0 Å². The second-order valence-electron chi connectivity index (χ2n) is 10.1. The second kappa shape index (κ2) is 13.7. The molecule has 0 aromatic rings. The molecule has 5 unspecified atom stereocenters. The lowest BCUT2D eigenvalue weighted by Crippen LogP contribution is -2.51. The lowest BCUT2D eigenvalue weighted by Gasteiger charge is -2.53. The third-order valence-electron chi connectivity index (χ3n) is 8.40. The van der Waals surface area contributed by atoms with Crippen molar-refractivity contribution in [3.8, 4) is 0 Å². The van der Waals surface area contributed by atoms with E-state index in [0.29, 0.717) is 11.8 Å². The number of hydrogen-bond acceptors (Lipinski definition) is 1. The molecule has 0 bridgehead atoms. The molecule has 0 aliphatic rings. The average Bonchev–Trinajstić information content (AvgIpc) is 2.69. The summed E-state index contributed by atoms with van der Waals surface area (Å²) in [4.78, 5) is 13.1. The molecule has 0 heterocycles. The molecule has 2 heteroatoms. The minimum absolute atomic E-state index is 0.0978. The first-order chi connectivity index (χ1) is 13.7. The SMILES string of the molecule is CCCCC(C)(CCC)C(C(C)CC)C(C(=O)O)C(CC)(CCC)C(CC)CC. The van der Waals surface area contributed by atoms with Gasteiger partial charge in [-0.3, -0.25) is 4.79 Å². The van der Waals surface area contributed by atoms with Gasteiger partial charge in [-0.25, -0.2) is 0 Å². The molecule has 0 rings (SSSR count). The topological polar surface area (TPSA) is 37.3 Å². The van der Waals surface area contributed by atoms with Crippen molar-refractivity contribution in [2.75, 3.05) is 0 Å². The summed E-state index contributed by atoms with van der Waals surface area (Å²) in [6, 6.07) is 0. The highest BCUT2D eigenvalue weighted by Gasteiger charge is 2.54. The zero-order valence-electron chi connectivity index (χ0n) is 21.4. The molecule has 0 radical (unpaired) electrons. The van der Waals surface area contributed by atoms with Gasteiger partial charge >= 0.3 is 5.97 Å². The summed E-state index contributed by atoms with van der Waals surface area (Å²) in [6.45, 7) is 20.6. The lowest BCUT2D eigenvalue weighted by atomic mass is 9.50. The zero-order chi connectivity index (χ0) is 22.7. The van der Waals surface area contributed by atoms with E-state index < -0.39 is 5.97 Å². The van der Waals surface area contributed by atoms with Crippen molar-refractivity contribution in [2.45, 2.75) is 133 Å². The van der Waals surface area contributed by atoms with Crippen LogP contribution >= 0.6 is 0 Å². The fourth-order valence-electron chi connectivity index (χ4n) is 6.91. The van der Waals surface area contributed by atoms with Crippen molar-refractivity contribution in [2.24, 2.45) is 34.5 Å². The quantitative estimate of drug-likeness (QED) is 0.260. The Kier molecular flexibility index (Phi) is 13.5. The van der Waals surface area contributed by atoms with Gasteiger partial charge in [0.05, 0.1) is 5.92 Å². The Balaban J connectivity index is 6.76. The summed E-state index contributed by atoms with van der Waals surface area (Å²) in [5.74, 6) is 0.374. The fraction of sp³-hybridized carbons (Fsp3) is 0.963. The van der Waals surface area contributed by atoms with E-state index in [-0.39, 0.29) is 22.7 Å². The Morgan fingerprint density at radius 1 is 0.828 bits per heavy atom. The summed E-state index contributed by atoms with van der Waals surface area (Å²) in [5.41, 5.74) is 0.00281. The monoisotopic (exact) mass is 410 g/mol. The maximum atomic E-state index is 13.1. The molecule has 2 nitrogen and oxygen atoms in total. The van der Waals surface area contributed by atoms with E-state index in [1.165, 1.54) is 12.8 Å². The van der Waals surface area contributed by atoms with Crippen molar-refractivity contribution >= 4 is 5.97 Å². The second-order valence-corrected chi connectivity index (χ2v) is 10.1. The number of aliphatic carboxylic acids is 1. The van der Waals surface area contributed by atoms with E-state index in [4.69, 9.17) is 0 Å². The number of hydrogen-bond donors (Lipinski definition) is 1. The maximum Gasteiger partial charge on any atom is 0.307 e. The van der Waals surface area contributed by atoms with Crippen LogP contribution in [0.2, 0.25) is 0 Å². The molecule has 0 fully saturated rings. The van der Waals surface area contributed by atoms with Crippen LogP contribution in [-0.4, -0.2) is 11.1 Å². The van der Waals surface area contributed by atoms with Gasteiger partial charge < -0.3 is 5.11 Å². The molecule has 0 aromatic carbocycles. The molecule has 5 atom stereocenters. The van der Waals surface area contributed by atoms with Crippen molar-refractivity contribution in [3.05, 3.63) is 0 Å². The van der Waals surface area contributed by atoms with Gasteiger partial charge in [-0.2, -0.15) is 0 Å². The van der Waals surface area contributed by atoms with Crippen LogP contribution in [0.4, 0.5) is 0 Å². The van der Waals surface area contributed by atoms with Crippen LogP contribution in [0.3, 0.4) is 0 Å². The minimum Gasteiger partial charge on any atom is -0.481 e. The molecular formula is C27H54O2. The van der Waals surface area contributed by atoms with E-state index in [1.54, 1.807) is 0 Å². The molecule has 0 aromatic heterocycles. The van der Waals surface area contributed by atoms with Crippen molar-refractivity contribution in [3.63, 3.8) is 0 Å². The first-order valence-corrected chi connectivity index (χ1v) is 12.9. The average molecular weight is 411 g/mol. The van der Waals surface area contributed by atoms with E-state index in [1.807, 2.05) is 0 Å². The summed E-state index contributed by atoms with van der Waals surface area (Å²) in [6.07, 6.45) is 12.1. The Morgan fingerprint density at radius 3 is 1.72 bits per heavy atom. The predicted octanol–water partition coefficient (Wildman–Crippen LogP) is 8.98. The molecule has 0 saturated carbocycles. The van der Waals surface area contributed by atoms with Crippen LogP contribution < -0.4 is 0 Å². The molecule has 0 saturated heterocycles. The third kappa shape index (κ3) is 6.73. The molecule has 29 heavy (non-hydrogen) atoms.